The van der Waals surface area contributed by atoms with Crippen molar-refractivity contribution in [1.29, 1.82) is 0 Å². The van der Waals surface area contributed by atoms with Crippen molar-refractivity contribution >= 4 is 28.9 Å². The van der Waals surface area contributed by atoms with Crippen molar-refractivity contribution in [3.05, 3.63) is 52.2 Å². The van der Waals surface area contributed by atoms with E-state index in [2.05, 4.69) is 4.98 Å². The third kappa shape index (κ3) is 2.15. The summed E-state index contributed by atoms with van der Waals surface area (Å²) in [7, 11) is 0. The molecule has 4 N–H and O–H groups in total. The highest BCUT2D eigenvalue weighted by Gasteiger charge is 2.18. The number of carbonyl (C=O) groups excluding carboxylic acids is 1. The lowest BCUT2D eigenvalue weighted by Gasteiger charge is -2.09. The Balaban J connectivity index is 2.55. The third-order valence-corrected chi connectivity index (χ3v) is 2.91. The quantitative estimate of drug-likeness (QED) is 0.643. The van der Waals surface area contributed by atoms with Gasteiger partial charge in [0.1, 0.15) is 5.82 Å². The average molecular weight is 262 g/mol. The topological polar surface area (TPSA) is 82.0 Å². The van der Waals surface area contributed by atoms with E-state index in [9.17, 15) is 4.79 Å². The van der Waals surface area contributed by atoms with Crippen LogP contribution in [0.4, 0.5) is 11.5 Å². The van der Waals surface area contributed by atoms with Crippen LogP contribution in [0.1, 0.15) is 21.5 Å². The zero-order valence-electron chi connectivity index (χ0n) is 9.77. The van der Waals surface area contributed by atoms with Crippen molar-refractivity contribution < 1.29 is 4.79 Å². The number of nitrogens with zero attached hydrogens (tertiary/aromatic N) is 1. The van der Waals surface area contributed by atoms with Crippen LogP contribution in [-0.2, 0) is 0 Å². The number of halogens is 1. The summed E-state index contributed by atoms with van der Waals surface area (Å²) in [6.07, 6.45) is 1.56. The van der Waals surface area contributed by atoms with E-state index in [1.165, 1.54) is 6.07 Å². The highest BCUT2D eigenvalue weighted by molar-refractivity contribution is 6.31. The summed E-state index contributed by atoms with van der Waals surface area (Å²) >= 11 is 5.80. The van der Waals surface area contributed by atoms with Gasteiger partial charge in [0.15, 0.2) is 5.78 Å². The molecule has 0 saturated carbocycles. The second kappa shape index (κ2) is 4.66. The van der Waals surface area contributed by atoms with Gasteiger partial charge in [-0.25, -0.2) is 4.98 Å². The van der Waals surface area contributed by atoms with Gasteiger partial charge in [0.05, 0.1) is 5.56 Å². The normalized spacial score (nSPS) is 10.3. The summed E-state index contributed by atoms with van der Waals surface area (Å²) in [5, 5.41) is 0.486. The van der Waals surface area contributed by atoms with Gasteiger partial charge in [-0.1, -0.05) is 11.6 Å². The molecule has 1 aromatic carbocycles. The first kappa shape index (κ1) is 12.4. The molecular formula is C13H12ClN3O. The fraction of sp³-hybridized carbons (Fsp3) is 0.0769. The average Bonchev–Trinajstić information content (AvgIpc) is 2.28. The molecule has 2 aromatic rings. The Morgan fingerprint density at radius 2 is 2.00 bits per heavy atom. The van der Waals surface area contributed by atoms with Gasteiger partial charge >= 0.3 is 0 Å². The van der Waals surface area contributed by atoms with Gasteiger partial charge < -0.3 is 11.5 Å². The lowest BCUT2D eigenvalue weighted by Crippen LogP contribution is -2.11. The minimum atomic E-state index is -0.243. The van der Waals surface area contributed by atoms with E-state index in [1.807, 2.05) is 0 Å². The Morgan fingerprint density at radius 1 is 1.28 bits per heavy atom. The Hall–Kier alpha value is -2.07. The summed E-state index contributed by atoms with van der Waals surface area (Å²) < 4.78 is 0. The number of pyridine rings is 1. The first-order valence-electron chi connectivity index (χ1n) is 5.31. The van der Waals surface area contributed by atoms with Crippen LogP contribution in [-0.4, -0.2) is 10.8 Å². The number of hydrogen-bond acceptors (Lipinski definition) is 4. The van der Waals surface area contributed by atoms with Gasteiger partial charge in [-0.2, -0.15) is 0 Å². The van der Waals surface area contributed by atoms with Gasteiger partial charge in [-0.15, -0.1) is 0 Å². The molecule has 0 atom stereocenters. The van der Waals surface area contributed by atoms with E-state index in [4.69, 9.17) is 23.1 Å². The first-order valence-corrected chi connectivity index (χ1v) is 5.69. The summed E-state index contributed by atoms with van der Waals surface area (Å²) in [6, 6.07) is 6.48. The second-order valence-electron chi connectivity index (χ2n) is 3.95. The Labute approximate surface area is 110 Å². The van der Waals surface area contributed by atoms with Crippen LogP contribution in [0.5, 0.6) is 0 Å². The smallest absolute Gasteiger partial charge is 0.199 e. The highest BCUT2D eigenvalue weighted by atomic mass is 35.5. The molecule has 5 heteroatoms. The predicted octanol–water partition coefficient (Wildman–Crippen LogP) is 2.44. The molecule has 4 nitrogen and oxygen atoms in total. The van der Waals surface area contributed by atoms with E-state index in [1.54, 1.807) is 31.3 Å². The molecule has 0 aliphatic rings. The minimum Gasteiger partial charge on any atom is -0.398 e. The zero-order chi connectivity index (χ0) is 13.3. The molecule has 0 amide bonds. The van der Waals surface area contributed by atoms with Gasteiger partial charge in [0, 0.05) is 22.5 Å². The number of hydrogen-bond donors (Lipinski definition) is 2. The molecule has 0 radical (unpaired) electrons. The molecule has 92 valence electrons. The van der Waals surface area contributed by atoms with Crippen LogP contribution < -0.4 is 11.5 Å². The van der Waals surface area contributed by atoms with Crippen LogP contribution in [0.25, 0.3) is 0 Å². The van der Waals surface area contributed by atoms with E-state index in [-0.39, 0.29) is 11.6 Å². The lowest BCUT2D eigenvalue weighted by molar-refractivity contribution is 0.103. The molecular weight excluding hydrogens is 250 g/mol. The van der Waals surface area contributed by atoms with E-state index < -0.39 is 0 Å². The van der Waals surface area contributed by atoms with E-state index in [0.717, 1.165) is 5.56 Å². The fourth-order valence-corrected chi connectivity index (χ4v) is 1.93. The SMILES string of the molecule is Cc1ccnc(N)c1C(=O)c1ccc(Cl)cc1N. The van der Waals surface area contributed by atoms with Gasteiger partial charge in [0.2, 0.25) is 0 Å². The molecule has 2 rings (SSSR count). The van der Waals surface area contributed by atoms with Crippen LogP contribution in [0.15, 0.2) is 30.5 Å². The number of aromatic nitrogens is 1. The molecule has 0 saturated heterocycles. The van der Waals surface area contributed by atoms with Gasteiger partial charge in [-0.3, -0.25) is 4.79 Å². The number of nitrogens with two attached hydrogens (primary N) is 2. The van der Waals surface area contributed by atoms with Crippen molar-refractivity contribution in [1.82, 2.24) is 4.98 Å². The third-order valence-electron chi connectivity index (χ3n) is 2.67. The van der Waals surface area contributed by atoms with Crippen molar-refractivity contribution in [2.75, 3.05) is 11.5 Å². The minimum absolute atomic E-state index is 0.203. The predicted molar refractivity (Wildman–Crippen MR) is 72.7 cm³/mol. The number of carbonyl (C=O) groups is 1. The molecule has 0 aliphatic heterocycles. The second-order valence-corrected chi connectivity index (χ2v) is 4.39. The highest BCUT2D eigenvalue weighted by Crippen LogP contribution is 2.24. The molecule has 1 heterocycles. The standard InChI is InChI=1S/C13H12ClN3O/c1-7-4-5-17-13(16)11(7)12(18)9-3-2-8(14)6-10(9)15/h2-6H,15H2,1H3,(H2,16,17). The van der Waals surface area contributed by atoms with Crippen molar-refractivity contribution in [2.24, 2.45) is 0 Å². The van der Waals surface area contributed by atoms with Gasteiger partial charge in [-0.05, 0) is 36.8 Å². The Kier molecular flexibility index (Phi) is 3.21. The van der Waals surface area contributed by atoms with Crippen molar-refractivity contribution in [3.8, 4) is 0 Å². The summed E-state index contributed by atoms with van der Waals surface area (Å²) in [5.41, 5.74) is 13.4. The fourth-order valence-electron chi connectivity index (χ4n) is 1.75. The summed E-state index contributed by atoms with van der Waals surface area (Å²) in [5.74, 6) is -0.0402. The van der Waals surface area contributed by atoms with Crippen LogP contribution in [0.2, 0.25) is 5.02 Å². The maximum absolute atomic E-state index is 12.4. The molecule has 18 heavy (non-hydrogen) atoms. The zero-order valence-corrected chi connectivity index (χ0v) is 10.5. The maximum Gasteiger partial charge on any atom is 0.199 e. The maximum atomic E-state index is 12.4. The molecule has 0 spiro atoms. The van der Waals surface area contributed by atoms with Crippen LogP contribution in [0.3, 0.4) is 0 Å². The number of rotatable bonds is 2. The van der Waals surface area contributed by atoms with E-state index >= 15 is 0 Å². The van der Waals surface area contributed by atoms with Crippen molar-refractivity contribution in [2.45, 2.75) is 6.92 Å². The Bertz CT molecular complexity index is 605. The first-order chi connectivity index (χ1) is 8.50. The number of ketones is 1. The van der Waals surface area contributed by atoms with E-state index in [0.29, 0.717) is 21.8 Å². The molecule has 0 bridgehead atoms. The van der Waals surface area contributed by atoms with Gasteiger partial charge in [0.25, 0.3) is 0 Å². The molecule has 0 unspecified atom stereocenters. The van der Waals surface area contributed by atoms with Crippen LogP contribution >= 0.6 is 11.6 Å². The van der Waals surface area contributed by atoms with Crippen molar-refractivity contribution in [3.63, 3.8) is 0 Å². The molecule has 0 aliphatic carbocycles. The largest absolute Gasteiger partial charge is 0.398 e. The van der Waals surface area contributed by atoms with Crippen LogP contribution in [0, 0.1) is 6.92 Å². The molecule has 0 fully saturated rings. The molecule has 1 aromatic heterocycles. The Morgan fingerprint density at radius 3 is 2.61 bits per heavy atom. The summed E-state index contributed by atoms with van der Waals surface area (Å²) in [6.45, 7) is 1.80. The lowest BCUT2D eigenvalue weighted by atomic mass is 9.99. The number of nitrogen functional groups attached to an aromatic ring is 2. The monoisotopic (exact) mass is 261 g/mol. The number of aryl methyl sites for hydroxylation is 1. The number of benzene rings is 1. The summed E-state index contributed by atoms with van der Waals surface area (Å²) in [4.78, 5) is 16.3. The number of anilines is 2.